The number of aromatic nitrogens is 4. The van der Waals surface area contributed by atoms with Gasteiger partial charge in [0.05, 0.1) is 29.5 Å². The van der Waals surface area contributed by atoms with Crippen molar-refractivity contribution < 1.29 is 65.9 Å². The second-order valence-corrected chi connectivity index (χ2v) is 13.1. The van der Waals surface area contributed by atoms with E-state index >= 15 is 0 Å². The van der Waals surface area contributed by atoms with Gasteiger partial charge in [-0.2, -0.15) is 8.62 Å². The summed E-state index contributed by atoms with van der Waals surface area (Å²) in [5, 5.41) is 32.0. The first-order valence-corrected chi connectivity index (χ1v) is 15.9. The third kappa shape index (κ3) is 7.24. The van der Waals surface area contributed by atoms with Gasteiger partial charge in [-0.15, -0.1) is 0 Å². The summed E-state index contributed by atoms with van der Waals surface area (Å²) >= 11 is 0. The zero-order valence-corrected chi connectivity index (χ0v) is 23.7. The van der Waals surface area contributed by atoms with Gasteiger partial charge in [-0.3, -0.25) is 23.7 Å². The van der Waals surface area contributed by atoms with Crippen LogP contribution in [-0.4, -0.2) is 74.3 Å². The van der Waals surface area contributed by atoms with Gasteiger partial charge < -0.3 is 35.4 Å². The number of imidazole rings is 1. The molecule has 4 rings (SSSR count). The maximum atomic E-state index is 12.3. The summed E-state index contributed by atoms with van der Waals surface area (Å²) in [6.45, 7) is 0.0924. The number of nitro groups is 1. The predicted molar refractivity (Wildman–Crippen MR) is 136 cm³/mol. The van der Waals surface area contributed by atoms with Crippen molar-refractivity contribution in [2.24, 2.45) is 0 Å². The Morgan fingerprint density at radius 3 is 2.43 bits per heavy atom. The minimum atomic E-state index is -5.89. The van der Waals surface area contributed by atoms with Crippen LogP contribution < -0.4 is 5.73 Å². The van der Waals surface area contributed by atoms with E-state index < -0.39 is 71.3 Å². The van der Waals surface area contributed by atoms with Crippen molar-refractivity contribution in [1.29, 1.82) is 0 Å². The normalized spacial score (nSPS) is 25.9. The molecule has 0 saturated carbocycles. The number of benzene rings is 1. The molecule has 8 atom stereocenters. The number of anilines is 1. The van der Waals surface area contributed by atoms with E-state index in [1.165, 1.54) is 29.1 Å². The summed E-state index contributed by atoms with van der Waals surface area (Å²) in [6, 6.07) is 4.94. The molecule has 0 bridgehead atoms. The highest BCUT2D eigenvalue weighted by molar-refractivity contribution is 7.66. The van der Waals surface area contributed by atoms with Gasteiger partial charge in [0.15, 0.2) is 17.7 Å². The Bertz CT molecular complexity index is 1620. The molecule has 0 spiro atoms. The highest BCUT2D eigenvalue weighted by Crippen LogP contribution is 2.68. The fourth-order valence-corrected chi connectivity index (χ4v) is 7.56. The Morgan fingerprint density at radius 1 is 1.07 bits per heavy atom. The topological polar surface area (TPSA) is 311 Å². The smallest absolute Gasteiger partial charge is 0.387 e. The first-order valence-electron chi connectivity index (χ1n) is 11.4. The molecule has 230 valence electrons. The van der Waals surface area contributed by atoms with Gasteiger partial charge in [-0.25, -0.2) is 28.6 Å². The number of fused-ring (bicyclic) bond motifs is 1. The van der Waals surface area contributed by atoms with E-state index in [2.05, 4.69) is 32.6 Å². The number of hydrogen-bond acceptors (Lipinski definition) is 16. The molecule has 1 aliphatic rings. The molecule has 24 heteroatoms. The lowest BCUT2D eigenvalue weighted by molar-refractivity contribution is -0.386. The molecular formula is C18H23N6O15P3. The Labute approximate surface area is 234 Å². The number of hydrogen-bond donors (Lipinski definition) is 6. The molecular weight excluding hydrogens is 633 g/mol. The minimum Gasteiger partial charge on any atom is -0.387 e. The molecule has 1 aliphatic heterocycles. The molecule has 1 saturated heterocycles. The zero-order valence-electron chi connectivity index (χ0n) is 21.0. The van der Waals surface area contributed by atoms with E-state index in [0.29, 0.717) is 0 Å². The number of nitrogen functional groups attached to an aromatic ring is 1. The molecule has 21 nitrogen and oxygen atoms in total. The monoisotopic (exact) mass is 656 g/mol. The van der Waals surface area contributed by atoms with E-state index in [1.54, 1.807) is 0 Å². The van der Waals surface area contributed by atoms with E-state index in [1.807, 2.05) is 0 Å². The number of aliphatic hydroxyl groups is 2. The van der Waals surface area contributed by atoms with E-state index in [-0.39, 0.29) is 22.5 Å². The Kier molecular flexibility index (Phi) is 9.27. The maximum Gasteiger partial charge on any atom is 0.490 e. The average molecular weight is 656 g/mol. The fourth-order valence-electron chi connectivity index (χ4n) is 3.89. The standard InChI is InChI=1S/C18H23N6O15P3/c1-9(10-4-2-3-5-11(10)24(27)28)37-41(31,32)39-42(33,34)38-40(29,30)35-6-12-14(25)15(26)18(36-12)23-8-22-13-16(19)20-7-21-17(13)23/h2-5,7-9,12,14-15,18,25-26H,6H2,1H3,(H,29,30)(H,31,32)(H,33,34)(H2,19,20,21)/t9?,12-,14-,15-,18-/m1/s1. The van der Waals surface area contributed by atoms with Crippen molar-refractivity contribution in [2.45, 2.75) is 37.6 Å². The van der Waals surface area contributed by atoms with Crippen molar-refractivity contribution in [1.82, 2.24) is 19.5 Å². The van der Waals surface area contributed by atoms with Crippen LogP contribution >= 0.6 is 23.5 Å². The number of nitrogens with two attached hydrogens (primary N) is 1. The number of nitrogens with zero attached hydrogens (tertiary/aromatic N) is 5. The largest absolute Gasteiger partial charge is 0.490 e. The lowest BCUT2D eigenvalue weighted by atomic mass is 10.1. The summed E-state index contributed by atoms with van der Waals surface area (Å²) in [5.41, 5.74) is 5.32. The SMILES string of the molecule is CC(OP(=O)(O)OP(=O)(O)OP(=O)(O)OC[C@H]1O[C@@H](n2cnc3c(N)ncnc32)[C@H](O)[C@@H]1O)c1ccccc1[N+](=O)[O-]. The Morgan fingerprint density at radius 2 is 1.74 bits per heavy atom. The highest BCUT2D eigenvalue weighted by Gasteiger charge is 2.47. The fraction of sp³-hybridized carbons (Fsp3) is 0.389. The minimum absolute atomic E-state index is 0.0225. The molecule has 2 aromatic heterocycles. The molecule has 0 amide bonds. The van der Waals surface area contributed by atoms with Crippen molar-refractivity contribution in [3.05, 3.63) is 52.6 Å². The van der Waals surface area contributed by atoms with E-state index in [9.17, 15) is 48.7 Å². The summed E-state index contributed by atoms with van der Waals surface area (Å²) in [4.78, 5) is 51.7. The molecule has 42 heavy (non-hydrogen) atoms. The van der Waals surface area contributed by atoms with E-state index in [0.717, 1.165) is 19.3 Å². The predicted octanol–water partition coefficient (Wildman–Crippen LogP) is 1.06. The highest BCUT2D eigenvalue weighted by atomic mass is 31.3. The van der Waals surface area contributed by atoms with Crippen LogP contribution in [0, 0.1) is 10.1 Å². The number of rotatable bonds is 12. The van der Waals surface area contributed by atoms with Gasteiger partial charge in [0.1, 0.15) is 30.2 Å². The summed E-state index contributed by atoms with van der Waals surface area (Å²) < 4.78 is 60.8. The molecule has 0 aliphatic carbocycles. The van der Waals surface area contributed by atoms with Gasteiger partial charge >= 0.3 is 23.5 Å². The van der Waals surface area contributed by atoms with Crippen molar-refractivity contribution in [3.63, 3.8) is 0 Å². The first kappa shape index (κ1) is 32.2. The van der Waals surface area contributed by atoms with Crippen LogP contribution in [0.4, 0.5) is 11.5 Å². The number of aliphatic hydroxyl groups excluding tert-OH is 2. The third-order valence-electron chi connectivity index (χ3n) is 5.68. The molecule has 0 radical (unpaired) electrons. The Balaban J connectivity index is 1.37. The molecule has 3 heterocycles. The van der Waals surface area contributed by atoms with Crippen LogP contribution in [0.5, 0.6) is 0 Å². The number of phosphoric ester groups is 2. The van der Waals surface area contributed by atoms with Crippen molar-refractivity contribution >= 4 is 46.1 Å². The zero-order chi connectivity index (χ0) is 31.0. The third-order valence-corrected chi connectivity index (χ3v) is 10.0. The van der Waals surface area contributed by atoms with Crippen LogP contribution in [0.2, 0.25) is 0 Å². The molecule has 1 aromatic carbocycles. The lowest BCUT2D eigenvalue weighted by Crippen LogP contribution is -2.33. The van der Waals surface area contributed by atoms with Crippen LogP contribution in [-0.2, 0) is 36.1 Å². The average Bonchev–Trinajstić information content (AvgIpc) is 3.42. The van der Waals surface area contributed by atoms with E-state index in [4.69, 9.17) is 10.5 Å². The second kappa shape index (κ2) is 12.1. The van der Waals surface area contributed by atoms with Gasteiger partial charge in [0.2, 0.25) is 0 Å². The van der Waals surface area contributed by atoms with Crippen LogP contribution in [0.15, 0.2) is 36.9 Å². The number of nitro benzene ring substituents is 1. The summed E-state index contributed by atoms with van der Waals surface area (Å²) in [6.07, 6.45) is -5.44. The molecule has 3 aromatic rings. The van der Waals surface area contributed by atoms with Crippen LogP contribution in [0.3, 0.4) is 0 Å². The quantitative estimate of drug-likeness (QED) is 0.0901. The van der Waals surface area contributed by atoms with Gasteiger partial charge in [0.25, 0.3) is 5.69 Å². The van der Waals surface area contributed by atoms with Crippen molar-refractivity contribution in [2.75, 3.05) is 12.3 Å². The first-order chi connectivity index (χ1) is 19.5. The van der Waals surface area contributed by atoms with Gasteiger partial charge in [-0.1, -0.05) is 12.1 Å². The second-order valence-electron chi connectivity index (χ2n) is 8.56. The Hall–Kier alpha value is -2.74. The van der Waals surface area contributed by atoms with Crippen LogP contribution in [0.1, 0.15) is 24.8 Å². The van der Waals surface area contributed by atoms with Gasteiger partial charge in [0, 0.05) is 6.07 Å². The van der Waals surface area contributed by atoms with Crippen molar-refractivity contribution in [3.8, 4) is 0 Å². The number of para-hydroxylation sites is 1. The van der Waals surface area contributed by atoms with Crippen LogP contribution in [0.25, 0.3) is 11.2 Å². The number of ether oxygens (including phenoxy) is 1. The lowest BCUT2D eigenvalue weighted by Gasteiger charge is -2.21. The maximum absolute atomic E-state index is 12.3. The molecule has 7 N–H and O–H groups in total. The summed E-state index contributed by atoms with van der Waals surface area (Å²) in [5.74, 6) is 0.0225. The summed E-state index contributed by atoms with van der Waals surface area (Å²) in [7, 11) is -17.0. The van der Waals surface area contributed by atoms with Gasteiger partial charge in [-0.05, 0) is 13.0 Å². The molecule has 4 unspecified atom stereocenters. The number of phosphoric acid groups is 3. The molecule has 1 fully saturated rings.